The van der Waals surface area contributed by atoms with Crippen LogP contribution in [0.3, 0.4) is 0 Å². The van der Waals surface area contributed by atoms with E-state index in [1.165, 1.54) is 0 Å². The molecule has 0 amide bonds. The third-order valence-electron chi connectivity index (χ3n) is 2.87. The van der Waals surface area contributed by atoms with Gasteiger partial charge >= 0.3 is 0 Å². The van der Waals surface area contributed by atoms with Gasteiger partial charge in [-0.15, -0.1) is 11.6 Å². The van der Waals surface area contributed by atoms with Crippen LogP contribution in [0.15, 0.2) is 46.9 Å². The molecule has 0 heterocycles. The fourth-order valence-electron chi connectivity index (χ4n) is 1.86. The lowest BCUT2D eigenvalue weighted by Crippen LogP contribution is -2.03. The third kappa shape index (κ3) is 3.88. The van der Waals surface area contributed by atoms with Crippen molar-refractivity contribution in [3.8, 4) is 0 Å². The second-order valence-electron chi connectivity index (χ2n) is 4.29. The van der Waals surface area contributed by atoms with Gasteiger partial charge in [0.25, 0.3) is 0 Å². The van der Waals surface area contributed by atoms with Crippen molar-refractivity contribution in [1.29, 1.82) is 0 Å². The van der Waals surface area contributed by atoms with E-state index in [4.69, 9.17) is 23.2 Å². The van der Waals surface area contributed by atoms with Gasteiger partial charge in [0.15, 0.2) is 0 Å². The summed E-state index contributed by atoms with van der Waals surface area (Å²) in [5, 5.41) is 4.11. The van der Waals surface area contributed by atoms with Crippen molar-refractivity contribution in [1.82, 2.24) is 0 Å². The fourth-order valence-corrected chi connectivity index (χ4v) is 2.79. The Bertz CT molecular complexity index is 570. The van der Waals surface area contributed by atoms with E-state index < -0.39 is 0 Å². The summed E-state index contributed by atoms with van der Waals surface area (Å²) in [5.74, 6) is 0. The van der Waals surface area contributed by atoms with Crippen LogP contribution in [0.2, 0.25) is 5.02 Å². The van der Waals surface area contributed by atoms with Crippen molar-refractivity contribution < 1.29 is 0 Å². The Morgan fingerprint density at radius 2 is 1.95 bits per heavy atom. The molecule has 2 aromatic carbocycles. The van der Waals surface area contributed by atoms with Crippen LogP contribution in [0.1, 0.15) is 23.4 Å². The second-order valence-corrected chi connectivity index (χ2v) is 6.27. The van der Waals surface area contributed by atoms with Gasteiger partial charge in [-0.05, 0) is 36.2 Å². The molecule has 2 rings (SSSR count). The maximum atomic E-state index is 6.20. The van der Waals surface area contributed by atoms with Crippen molar-refractivity contribution in [2.75, 3.05) is 5.32 Å². The highest BCUT2D eigenvalue weighted by Crippen LogP contribution is 2.28. The number of halogens is 3. The zero-order chi connectivity index (χ0) is 13.8. The van der Waals surface area contributed by atoms with Crippen LogP contribution in [-0.4, -0.2) is 0 Å². The van der Waals surface area contributed by atoms with Gasteiger partial charge in [0.2, 0.25) is 0 Å². The minimum Gasteiger partial charge on any atom is -0.381 e. The summed E-state index contributed by atoms with van der Waals surface area (Å²) in [7, 11) is 0. The minimum atomic E-state index is -0.0240. The van der Waals surface area contributed by atoms with Crippen LogP contribution in [0, 0.1) is 0 Å². The van der Waals surface area contributed by atoms with Crippen molar-refractivity contribution in [3.05, 3.63) is 63.1 Å². The molecule has 0 radical (unpaired) electrons. The molecule has 0 aliphatic rings. The monoisotopic (exact) mass is 357 g/mol. The maximum Gasteiger partial charge on any atom is 0.0577 e. The van der Waals surface area contributed by atoms with Crippen molar-refractivity contribution >= 4 is 44.8 Å². The number of benzene rings is 2. The topological polar surface area (TPSA) is 12.0 Å². The lowest BCUT2D eigenvalue weighted by Gasteiger charge is -2.14. The number of para-hydroxylation sites is 1. The van der Waals surface area contributed by atoms with E-state index in [1.54, 1.807) is 0 Å². The zero-order valence-corrected chi connectivity index (χ0v) is 13.6. The van der Waals surface area contributed by atoms with E-state index >= 15 is 0 Å². The number of hydrogen-bond acceptors (Lipinski definition) is 1. The van der Waals surface area contributed by atoms with Gasteiger partial charge in [-0.2, -0.15) is 0 Å². The Hall–Kier alpha value is -0.700. The zero-order valence-electron chi connectivity index (χ0n) is 10.5. The van der Waals surface area contributed by atoms with E-state index in [0.29, 0.717) is 6.54 Å². The molecule has 100 valence electrons. The predicted molar refractivity (Wildman–Crippen MR) is 87.2 cm³/mol. The van der Waals surface area contributed by atoms with Gasteiger partial charge in [0.05, 0.1) is 5.38 Å². The van der Waals surface area contributed by atoms with Gasteiger partial charge < -0.3 is 5.32 Å². The van der Waals surface area contributed by atoms with E-state index in [0.717, 1.165) is 26.3 Å². The molecule has 1 atom stereocenters. The number of nitrogens with one attached hydrogen (secondary N) is 1. The summed E-state index contributed by atoms with van der Waals surface area (Å²) < 4.78 is 0.982. The first-order valence-electron chi connectivity index (χ1n) is 5.98. The minimum absolute atomic E-state index is 0.0240. The predicted octanol–water partition coefficient (Wildman–Crippen LogP) is 6.01. The molecule has 0 aromatic heterocycles. The largest absolute Gasteiger partial charge is 0.381 e. The molecule has 1 N–H and O–H groups in total. The van der Waals surface area contributed by atoms with Gasteiger partial charge in [0.1, 0.15) is 0 Å². The molecule has 1 unspecified atom stereocenters. The normalized spacial score (nSPS) is 12.2. The number of anilines is 1. The highest BCUT2D eigenvalue weighted by Gasteiger charge is 2.07. The van der Waals surface area contributed by atoms with Crippen LogP contribution >= 0.6 is 39.1 Å². The Morgan fingerprint density at radius 3 is 2.63 bits per heavy atom. The van der Waals surface area contributed by atoms with E-state index in [-0.39, 0.29) is 5.38 Å². The van der Waals surface area contributed by atoms with Crippen LogP contribution in [0.4, 0.5) is 5.69 Å². The van der Waals surface area contributed by atoms with Gasteiger partial charge in [-0.1, -0.05) is 51.8 Å². The Balaban J connectivity index is 2.14. The highest BCUT2D eigenvalue weighted by atomic mass is 79.9. The van der Waals surface area contributed by atoms with Gasteiger partial charge in [-0.3, -0.25) is 0 Å². The smallest absolute Gasteiger partial charge is 0.0577 e. The van der Waals surface area contributed by atoms with E-state index in [1.807, 2.05) is 49.4 Å². The molecule has 2 aromatic rings. The van der Waals surface area contributed by atoms with Crippen molar-refractivity contribution in [2.24, 2.45) is 0 Å². The Morgan fingerprint density at radius 1 is 1.21 bits per heavy atom. The molecule has 0 saturated carbocycles. The summed E-state index contributed by atoms with van der Waals surface area (Å²) in [6.45, 7) is 2.64. The van der Waals surface area contributed by atoms with Crippen LogP contribution in [-0.2, 0) is 6.54 Å². The number of alkyl halides is 1. The lowest BCUT2D eigenvalue weighted by molar-refractivity contribution is 1.06. The molecule has 0 saturated heterocycles. The SMILES string of the molecule is CC(Cl)c1ccccc1NCc1ccc(Br)cc1Cl. The summed E-state index contributed by atoms with van der Waals surface area (Å²) in [6, 6.07) is 13.9. The Kier molecular flexibility index (Phi) is 5.14. The highest BCUT2D eigenvalue weighted by molar-refractivity contribution is 9.10. The van der Waals surface area contributed by atoms with Crippen LogP contribution < -0.4 is 5.32 Å². The first-order valence-corrected chi connectivity index (χ1v) is 7.59. The quantitative estimate of drug-likeness (QED) is 0.659. The summed E-state index contributed by atoms with van der Waals surface area (Å²) >= 11 is 15.8. The summed E-state index contributed by atoms with van der Waals surface area (Å²) in [5.41, 5.74) is 3.20. The Labute approximate surface area is 132 Å². The van der Waals surface area contributed by atoms with Crippen LogP contribution in [0.25, 0.3) is 0 Å². The van der Waals surface area contributed by atoms with Gasteiger partial charge in [-0.25, -0.2) is 0 Å². The molecule has 0 aliphatic heterocycles. The average Bonchev–Trinajstić information content (AvgIpc) is 2.38. The standard InChI is InChI=1S/C15H14BrCl2N/c1-10(17)13-4-2-3-5-15(13)19-9-11-6-7-12(16)8-14(11)18/h2-8,10,19H,9H2,1H3. The first kappa shape index (κ1) is 14.7. The fraction of sp³-hybridized carbons (Fsp3) is 0.200. The summed E-state index contributed by atoms with van der Waals surface area (Å²) in [6.07, 6.45) is 0. The summed E-state index contributed by atoms with van der Waals surface area (Å²) in [4.78, 5) is 0. The van der Waals surface area contributed by atoms with E-state index in [9.17, 15) is 0 Å². The molecular weight excluding hydrogens is 345 g/mol. The average molecular weight is 359 g/mol. The molecule has 0 spiro atoms. The molecule has 0 fully saturated rings. The van der Waals surface area contributed by atoms with Crippen molar-refractivity contribution in [3.63, 3.8) is 0 Å². The molecule has 4 heteroatoms. The molecule has 19 heavy (non-hydrogen) atoms. The van der Waals surface area contributed by atoms with Crippen molar-refractivity contribution in [2.45, 2.75) is 18.8 Å². The first-order chi connectivity index (χ1) is 9.08. The molecule has 0 bridgehead atoms. The molecule has 1 nitrogen and oxygen atoms in total. The van der Waals surface area contributed by atoms with E-state index in [2.05, 4.69) is 21.2 Å². The molecular formula is C15H14BrCl2N. The van der Waals surface area contributed by atoms with Gasteiger partial charge in [0, 0.05) is 21.7 Å². The number of hydrogen-bond donors (Lipinski definition) is 1. The van der Waals surface area contributed by atoms with Crippen LogP contribution in [0.5, 0.6) is 0 Å². The maximum absolute atomic E-state index is 6.20. The number of rotatable bonds is 4. The molecule has 0 aliphatic carbocycles. The lowest BCUT2D eigenvalue weighted by atomic mass is 10.1. The second kappa shape index (κ2) is 6.65. The third-order valence-corrected chi connectivity index (χ3v) is 3.95.